The summed E-state index contributed by atoms with van der Waals surface area (Å²) in [6.45, 7) is 0. The SMILES string of the molecule is NC1CCSCCC1CC(=O)O. The zero-order valence-electron chi connectivity index (χ0n) is 7.03. The summed E-state index contributed by atoms with van der Waals surface area (Å²) in [7, 11) is 0. The molecule has 1 aliphatic rings. The molecule has 1 rings (SSSR count). The van der Waals surface area contributed by atoms with Crippen molar-refractivity contribution in [2.24, 2.45) is 11.7 Å². The molecule has 2 atom stereocenters. The van der Waals surface area contributed by atoms with Crippen LogP contribution in [0.15, 0.2) is 0 Å². The first kappa shape index (κ1) is 9.86. The Hall–Kier alpha value is -0.220. The van der Waals surface area contributed by atoms with Crippen LogP contribution < -0.4 is 5.73 Å². The van der Waals surface area contributed by atoms with Crippen LogP contribution in [0.2, 0.25) is 0 Å². The second kappa shape index (κ2) is 4.72. The largest absolute Gasteiger partial charge is 0.481 e. The number of carboxylic acids is 1. The molecular weight excluding hydrogens is 174 g/mol. The van der Waals surface area contributed by atoms with Crippen LogP contribution in [-0.2, 0) is 4.79 Å². The second-order valence-corrected chi connectivity index (χ2v) is 4.44. The molecule has 1 saturated heterocycles. The number of thioether (sulfide) groups is 1. The topological polar surface area (TPSA) is 63.3 Å². The molecule has 0 bridgehead atoms. The van der Waals surface area contributed by atoms with Gasteiger partial charge in [-0.2, -0.15) is 11.8 Å². The Labute approximate surface area is 76.7 Å². The van der Waals surface area contributed by atoms with Crippen molar-refractivity contribution >= 4 is 17.7 Å². The smallest absolute Gasteiger partial charge is 0.303 e. The molecule has 0 aromatic heterocycles. The number of nitrogens with two attached hydrogens (primary N) is 1. The minimum Gasteiger partial charge on any atom is -0.481 e. The molecule has 0 amide bonds. The minimum atomic E-state index is -0.720. The first-order chi connectivity index (χ1) is 5.70. The van der Waals surface area contributed by atoms with Gasteiger partial charge in [0.15, 0.2) is 0 Å². The molecule has 0 spiro atoms. The Balaban J connectivity index is 2.41. The number of hydrogen-bond acceptors (Lipinski definition) is 3. The van der Waals surface area contributed by atoms with Crippen LogP contribution in [-0.4, -0.2) is 28.6 Å². The van der Waals surface area contributed by atoms with Crippen LogP contribution in [0.4, 0.5) is 0 Å². The average Bonchev–Trinajstić information content (AvgIpc) is 2.16. The average molecular weight is 189 g/mol. The molecule has 0 aromatic rings. The Morgan fingerprint density at radius 1 is 1.50 bits per heavy atom. The third kappa shape index (κ3) is 3.03. The first-order valence-electron chi connectivity index (χ1n) is 4.25. The number of hydrogen-bond donors (Lipinski definition) is 2. The van der Waals surface area contributed by atoms with Gasteiger partial charge < -0.3 is 10.8 Å². The van der Waals surface area contributed by atoms with E-state index in [9.17, 15) is 4.79 Å². The summed E-state index contributed by atoms with van der Waals surface area (Å²) < 4.78 is 0. The van der Waals surface area contributed by atoms with Gasteiger partial charge in [0.2, 0.25) is 0 Å². The fraction of sp³-hybridized carbons (Fsp3) is 0.875. The molecule has 1 aliphatic heterocycles. The molecule has 0 aromatic carbocycles. The zero-order chi connectivity index (χ0) is 8.97. The van der Waals surface area contributed by atoms with E-state index in [0.717, 1.165) is 24.3 Å². The summed E-state index contributed by atoms with van der Waals surface area (Å²) in [5.74, 6) is 1.61. The maximum atomic E-state index is 10.5. The van der Waals surface area contributed by atoms with Crippen LogP contribution >= 0.6 is 11.8 Å². The van der Waals surface area contributed by atoms with Gasteiger partial charge in [0.05, 0.1) is 0 Å². The van der Waals surface area contributed by atoms with E-state index in [1.807, 2.05) is 11.8 Å². The maximum Gasteiger partial charge on any atom is 0.303 e. The first-order valence-corrected chi connectivity index (χ1v) is 5.40. The van der Waals surface area contributed by atoms with Gasteiger partial charge in [-0.3, -0.25) is 4.79 Å². The lowest BCUT2D eigenvalue weighted by Crippen LogP contribution is -2.31. The lowest BCUT2D eigenvalue weighted by atomic mass is 9.92. The van der Waals surface area contributed by atoms with Crippen molar-refractivity contribution in [3.05, 3.63) is 0 Å². The maximum absolute atomic E-state index is 10.5. The molecule has 3 nitrogen and oxygen atoms in total. The van der Waals surface area contributed by atoms with E-state index < -0.39 is 5.97 Å². The van der Waals surface area contributed by atoms with Gasteiger partial charge in [-0.05, 0) is 30.3 Å². The van der Waals surface area contributed by atoms with E-state index in [1.54, 1.807) is 0 Å². The van der Waals surface area contributed by atoms with Crippen molar-refractivity contribution in [1.82, 2.24) is 0 Å². The molecule has 0 radical (unpaired) electrons. The van der Waals surface area contributed by atoms with E-state index in [0.29, 0.717) is 0 Å². The molecule has 70 valence electrons. The Bertz CT molecular complexity index is 163. The second-order valence-electron chi connectivity index (χ2n) is 3.21. The van der Waals surface area contributed by atoms with Crippen molar-refractivity contribution in [1.29, 1.82) is 0 Å². The fourth-order valence-electron chi connectivity index (χ4n) is 1.48. The van der Waals surface area contributed by atoms with Crippen LogP contribution in [0.5, 0.6) is 0 Å². The van der Waals surface area contributed by atoms with Crippen molar-refractivity contribution in [2.75, 3.05) is 11.5 Å². The van der Waals surface area contributed by atoms with Gasteiger partial charge in [0.25, 0.3) is 0 Å². The molecule has 4 heteroatoms. The quantitative estimate of drug-likeness (QED) is 0.678. The number of carbonyl (C=O) groups is 1. The summed E-state index contributed by atoms with van der Waals surface area (Å²) >= 11 is 1.88. The van der Waals surface area contributed by atoms with Gasteiger partial charge in [-0.15, -0.1) is 0 Å². The Kier molecular flexibility index (Phi) is 3.88. The standard InChI is InChI=1S/C8H15NO2S/c9-7-2-4-12-3-1-6(7)5-8(10)11/h6-7H,1-5,9H2,(H,10,11). The summed E-state index contributed by atoms with van der Waals surface area (Å²) in [5.41, 5.74) is 5.85. The fourth-order valence-corrected chi connectivity index (χ4v) is 2.60. The van der Waals surface area contributed by atoms with Gasteiger partial charge in [0, 0.05) is 12.5 Å². The zero-order valence-corrected chi connectivity index (χ0v) is 7.85. The van der Waals surface area contributed by atoms with Gasteiger partial charge in [-0.1, -0.05) is 0 Å². The lowest BCUT2D eigenvalue weighted by molar-refractivity contribution is -0.138. The molecule has 2 unspecified atom stereocenters. The highest BCUT2D eigenvalue weighted by Crippen LogP contribution is 2.23. The molecule has 12 heavy (non-hydrogen) atoms. The summed E-state index contributed by atoms with van der Waals surface area (Å²) in [4.78, 5) is 10.5. The molecule has 1 fully saturated rings. The predicted octanol–water partition coefficient (Wildman–Crippen LogP) is 0.932. The highest BCUT2D eigenvalue weighted by Gasteiger charge is 2.22. The van der Waals surface area contributed by atoms with Gasteiger partial charge in [-0.25, -0.2) is 0 Å². The summed E-state index contributed by atoms with van der Waals surface area (Å²) in [6, 6.07) is 0.0936. The van der Waals surface area contributed by atoms with Gasteiger partial charge >= 0.3 is 5.97 Å². The number of rotatable bonds is 2. The van der Waals surface area contributed by atoms with E-state index in [1.165, 1.54) is 0 Å². The van der Waals surface area contributed by atoms with E-state index in [-0.39, 0.29) is 18.4 Å². The van der Waals surface area contributed by atoms with Gasteiger partial charge in [0.1, 0.15) is 0 Å². The van der Waals surface area contributed by atoms with E-state index >= 15 is 0 Å². The monoisotopic (exact) mass is 189 g/mol. The Morgan fingerprint density at radius 2 is 2.17 bits per heavy atom. The molecule has 1 heterocycles. The lowest BCUT2D eigenvalue weighted by Gasteiger charge is -2.18. The van der Waals surface area contributed by atoms with Crippen molar-refractivity contribution in [3.63, 3.8) is 0 Å². The number of aliphatic carboxylic acids is 1. The molecule has 0 saturated carbocycles. The summed E-state index contributed by atoms with van der Waals surface area (Å²) in [6.07, 6.45) is 2.16. The number of carboxylic acid groups (broad SMARTS) is 1. The van der Waals surface area contributed by atoms with E-state index in [4.69, 9.17) is 10.8 Å². The minimum absolute atomic E-state index is 0.0936. The Morgan fingerprint density at radius 3 is 2.83 bits per heavy atom. The highest BCUT2D eigenvalue weighted by molar-refractivity contribution is 7.99. The molecule has 0 aliphatic carbocycles. The highest BCUT2D eigenvalue weighted by atomic mass is 32.2. The van der Waals surface area contributed by atoms with Crippen LogP contribution in [0.1, 0.15) is 19.3 Å². The van der Waals surface area contributed by atoms with Crippen molar-refractivity contribution < 1.29 is 9.90 Å². The van der Waals surface area contributed by atoms with Crippen LogP contribution in [0, 0.1) is 5.92 Å². The van der Waals surface area contributed by atoms with Crippen molar-refractivity contribution in [3.8, 4) is 0 Å². The third-order valence-corrected chi connectivity index (χ3v) is 3.32. The summed E-state index contributed by atoms with van der Waals surface area (Å²) in [5, 5.41) is 8.61. The third-order valence-electron chi connectivity index (χ3n) is 2.27. The van der Waals surface area contributed by atoms with Crippen LogP contribution in [0.25, 0.3) is 0 Å². The van der Waals surface area contributed by atoms with Crippen molar-refractivity contribution in [2.45, 2.75) is 25.3 Å². The normalized spacial score (nSPS) is 31.1. The molecule has 3 N–H and O–H groups in total. The predicted molar refractivity (Wildman–Crippen MR) is 50.3 cm³/mol. The van der Waals surface area contributed by atoms with Crippen LogP contribution in [0.3, 0.4) is 0 Å². The molecular formula is C8H15NO2S. The van der Waals surface area contributed by atoms with E-state index in [2.05, 4.69) is 0 Å².